The fourth-order valence-electron chi connectivity index (χ4n) is 12.4. The minimum Gasteiger partial charge on any atom is -0.394 e. The summed E-state index contributed by atoms with van der Waals surface area (Å²) in [5.74, 6) is 0.186. The fourth-order valence-corrected chi connectivity index (χ4v) is 12.4. The molecule has 0 spiro atoms. The van der Waals surface area contributed by atoms with E-state index in [1.165, 1.54) is 13.8 Å². The molecular formula is C40H68O17. The van der Waals surface area contributed by atoms with Crippen LogP contribution in [0.2, 0.25) is 0 Å². The first-order valence-corrected chi connectivity index (χ1v) is 20.9. The first kappa shape index (κ1) is 44.4. The molecule has 7 fully saturated rings. The molecule has 3 heterocycles. The van der Waals surface area contributed by atoms with Crippen molar-refractivity contribution in [2.24, 2.45) is 40.4 Å². The Morgan fingerprint density at radius 2 is 1.40 bits per heavy atom. The summed E-state index contributed by atoms with van der Waals surface area (Å²) in [5, 5.41) is 130. The van der Waals surface area contributed by atoms with Crippen LogP contribution in [0.15, 0.2) is 0 Å². The summed E-state index contributed by atoms with van der Waals surface area (Å²) in [6, 6.07) is 0. The smallest absolute Gasteiger partial charge is 0.186 e. The van der Waals surface area contributed by atoms with Crippen molar-refractivity contribution < 1.29 is 85.0 Å². The van der Waals surface area contributed by atoms with Crippen LogP contribution in [0.1, 0.15) is 86.5 Å². The zero-order valence-electron chi connectivity index (χ0n) is 33.8. The second kappa shape index (κ2) is 15.3. The summed E-state index contributed by atoms with van der Waals surface area (Å²) in [7, 11) is 0. The van der Waals surface area contributed by atoms with E-state index in [0.29, 0.717) is 0 Å². The standard InChI is InChI=1S/C40H68O17/c1-16(21(42)13-38(5,51)36(2,3)50)18-7-8-19-25-20(9-10-37(18,19)4)39(6)24(43)11-17(12-40(39,52)33-32(25)57-33)54-35-31(49)29(47)27(45)23(56-35)15-53-34-30(48)28(46)26(44)22(14-41)55-34/h16-35,41-52H,7-15H2,1-6H3/t16-,17-,18+,19-,20-,21+,22+,23+,24-,25-,26+,27+,28-,29-,30+,31+,32-,33-,34+,35+,37+,38-,39-,40-/m0/s1. The van der Waals surface area contributed by atoms with Crippen LogP contribution in [0.25, 0.3) is 0 Å². The number of hydrogen-bond donors (Lipinski definition) is 12. The van der Waals surface area contributed by atoms with Crippen molar-refractivity contribution in [1.29, 1.82) is 0 Å². The van der Waals surface area contributed by atoms with Crippen molar-refractivity contribution in [2.75, 3.05) is 13.2 Å². The number of epoxide rings is 1. The van der Waals surface area contributed by atoms with Crippen LogP contribution in [0, 0.1) is 40.4 Å². The minimum absolute atomic E-state index is 0.0361. The molecule has 17 heteroatoms. The van der Waals surface area contributed by atoms with Gasteiger partial charge in [-0.25, -0.2) is 0 Å². The Kier molecular flexibility index (Phi) is 11.9. The lowest BCUT2D eigenvalue weighted by Gasteiger charge is -2.64. The van der Waals surface area contributed by atoms with Crippen LogP contribution in [-0.4, -0.2) is 183 Å². The molecule has 7 aliphatic rings. The van der Waals surface area contributed by atoms with Crippen molar-refractivity contribution in [3.05, 3.63) is 0 Å². The molecule has 0 aromatic carbocycles. The van der Waals surface area contributed by atoms with Crippen molar-refractivity contribution in [1.82, 2.24) is 0 Å². The van der Waals surface area contributed by atoms with E-state index in [1.54, 1.807) is 6.92 Å². The highest BCUT2D eigenvalue weighted by Crippen LogP contribution is 2.73. The first-order chi connectivity index (χ1) is 26.4. The van der Waals surface area contributed by atoms with Gasteiger partial charge >= 0.3 is 0 Å². The number of rotatable bonds is 11. The molecule has 12 N–H and O–H groups in total. The Balaban J connectivity index is 1.02. The molecule has 0 radical (unpaired) electrons. The van der Waals surface area contributed by atoms with E-state index in [1.807, 2.05) is 13.8 Å². The monoisotopic (exact) mass is 820 g/mol. The fraction of sp³-hybridized carbons (Fsp3) is 1.00. The number of aliphatic hydroxyl groups is 12. The topological polar surface area (TPSA) is 292 Å². The maximum Gasteiger partial charge on any atom is 0.186 e. The quantitative estimate of drug-likeness (QED) is 0.0767. The molecule has 330 valence electrons. The van der Waals surface area contributed by atoms with Gasteiger partial charge in [0, 0.05) is 24.7 Å². The van der Waals surface area contributed by atoms with Crippen molar-refractivity contribution >= 4 is 0 Å². The molecule has 57 heavy (non-hydrogen) atoms. The Morgan fingerprint density at radius 3 is 2.04 bits per heavy atom. The van der Waals surface area contributed by atoms with Crippen molar-refractivity contribution in [2.45, 2.75) is 195 Å². The molecule has 0 amide bonds. The average molecular weight is 821 g/mol. The molecule has 4 aliphatic carbocycles. The molecule has 0 bridgehead atoms. The highest BCUT2D eigenvalue weighted by atomic mass is 16.7. The highest BCUT2D eigenvalue weighted by Gasteiger charge is 2.78. The summed E-state index contributed by atoms with van der Waals surface area (Å²) >= 11 is 0. The number of hydrogen-bond acceptors (Lipinski definition) is 17. The van der Waals surface area contributed by atoms with E-state index in [9.17, 15) is 61.3 Å². The molecule has 24 atom stereocenters. The van der Waals surface area contributed by atoms with E-state index >= 15 is 0 Å². The third-order valence-corrected chi connectivity index (χ3v) is 16.6. The SMILES string of the molecule is C[C@H]([C@H](O)C[C@](C)(O)C(C)(C)O)[C@H]1CC[C@H]2[C@@H]3[C@@H]4O[C@@H]4[C@@]4(O)C[C@@H](O[C@@H]5O[C@H](CO[C@@H]6O[C@H](CO)[C@@H](O)[C@H](O)[C@H]6O)[C@@H](O)[C@H](O)[C@H]5O)C[C@H](O)[C@]4(C)[C@H]3CC[C@]12C. The lowest BCUT2D eigenvalue weighted by Crippen LogP contribution is -2.71. The summed E-state index contributed by atoms with van der Waals surface area (Å²) in [4.78, 5) is 0. The Hall–Kier alpha value is -0.680. The summed E-state index contributed by atoms with van der Waals surface area (Å²) in [6.45, 7) is 9.67. The molecule has 0 unspecified atom stereocenters. The lowest BCUT2D eigenvalue weighted by molar-refractivity contribution is -0.344. The van der Waals surface area contributed by atoms with Crippen LogP contribution in [0.4, 0.5) is 0 Å². The van der Waals surface area contributed by atoms with Gasteiger partial charge in [0.15, 0.2) is 12.6 Å². The van der Waals surface area contributed by atoms with Gasteiger partial charge in [0.2, 0.25) is 0 Å². The normalized spacial score (nSPS) is 54.4. The van der Waals surface area contributed by atoms with E-state index in [0.717, 1.165) is 25.7 Å². The average Bonchev–Trinajstić information content (AvgIpc) is 3.87. The second-order valence-electron chi connectivity index (χ2n) is 20.0. The van der Waals surface area contributed by atoms with Crippen molar-refractivity contribution in [3.8, 4) is 0 Å². The lowest BCUT2D eigenvalue weighted by atomic mass is 9.42. The van der Waals surface area contributed by atoms with Gasteiger partial charge in [-0.1, -0.05) is 20.8 Å². The van der Waals surface area contributed by atoms with Gasteiger partial charge in [0.1, 0.15) is 60.5 Å². The second-order valence-corrected chi connectivity index (χ2v) is 20.0. The summed E-state index contributed by atoms with van der Waals surface area (Å²) < 4.78 is 29.4. The largest absolute Gasteiger partial charge is 0.394 e. The van der Waals surface area contributed by atoms with Crippen LogP contribution >= 0.6 is 0 Å². The third-order valence-electron chi connectivity index (χ3n) is 16.6. The van der Waals surface area contributed by atoms with Gasteiger partial charge in [0.25, 0.3) is 0 Å². The van der Waals surface area contributed by atoms with Crippen molar-refractivity contribution in [3.63, 3.8) is 0 Å². The Labute approximate surface area is 333 Å². The van der Waals surface area contributed by atoms with E-state index in [4.69, 9.17) is 23.7 Å². The number of fused-ring (bicyclic) bond motifs is 8. The maximum absolute atomic E-state index is 12.7. The number of ether oxygens (including phenoxy) is 5. The molecule has 17 nitrogen and oxygen atoms in total. The van der Waals surface area contributed by atoms with Gasteiger partial charge in [-0.3, -0.25) is 0 Å². The maximum atomic E-state index is 12.7. The molecule has 4 saturated carbocycles. The predicted molar refractivity (Wildman–Crippen MR) is 195 cm³/mol. The zero-order valence-corrected chi connectivity index (χ0v) is 33.8. The van der Waals surface area contributed by atoms with Crippen LogP contribution in [-0.2, 0) is 23.7 Å². The Bertz CT molecular complexity index is 1430. The van der Waals surface area contributed by atoms with E-state index in [2.05, 4.69) is 6.92 Å². The molecule has 3 saturated heterocycles. The molecule has 3 aliphatic heterocycles. The van der Waals surface area contributed by atoms with Gasteiger partial charge in [-0.15, -0.1) is 0 Å². The number of aliphatic hydroxyl groups excluding tert-OH is 9. The highest BCUT2D eigenvalue weighted by molar-refractivity contribution is 5.26. The van der Waals surface area contributed by atoms with E-state index < -0.39 is 121 Å². The van der Waals surface area contributed by atoms with E-state index in [-0.39, 0.29) is 60.4 Å². The van der Waals surface area contributed by atoms with Gasteiger partial charge < -0.3 is 85.0 Å². The van der Waals surface area contributed by atoms with Crippen LogP contribution in [0.5, 0.6) is 0 Å². The molecular weight excluding hydrogens is 752 g/mol. The predicted octanol–water partition coefficient (Wildman–Crippen LogP) is -2.36. The zero-order chi connectivity index (χ0) is 41.9. The Morgan fingerprint density at radius 1 is 0.789 bits per heavy atom. The molecule has 0 aromatic rings. The summed E-state index contributed by atoms with van der Waals surface area (Å²) in [6.07, 6.45) is -15.9. The van der Waals surface area contributed by atoms with Gasteiger partial charge in [-0.05, 0) is 81.5 Å². The van der Waals surface area contributed by atoms with Gasteiger partial charge in [0.05, 0.1) is 48.8 Å². The molecule has 7 rings (SSSR count). The first-order valence-electron chi connectivity index (χ1n) is 20.9. The van der Waals surface area contributed by atoms with Crippen LogP contribution < -0.4 is 0 Å². The summed E-state index contributed by atoms with van der Waals surface area (Å²) in [5.41, 5.74) is -5.52. The molecule has 0 aromatic heterocycles. The van der Waals surface area contributed by atoms with Gasteiger partial charge in [-0.2, -0.15) is 0 Å². The third kappa shape index (κ3) is 7.05. The van der Waals surface area contributed by atoms with Crippen LogP contribution in [0.3, 0.4) is 0 Å². The minimum atomic E-state index is -1.76.